The average molecular weight is 451 g/mol. The van der Waals surface area contributed by atoms with E-state index in [2.05, 4.69) is 43.3 Å². The molecule has 0 N–H and O–H groups in total. The summed E-state index contributed by atoms with van der Waals surface area (Å²) in [5, 5.41) is 0. The molecular weight excluding hydrogens is 415 g/mol. The number of aryl methyl sites for hydroxylation is 2. The molecule has 0 aromatic heterocycles. The monoisotopic (exact) mass is 450 g/mol. The molecule has 4 rings (SSSR count). The molecule has 0 amide bonds. The molecule has 0 nitrogen and oxygen atoms in total. The van der Waals surface area contributed by atoms with Crippen molar-refractivity contribution in [3.05, 3.63) is 89.3 Å². The zero-order valence-electron chi connectivity index (χ0n) is 19.3. The molecule has 32 heavy (non-hydrogen) atoms. The van der Waals surface area contributed by atoms with Crippen molar-refractivity contribution in [2.75, 3.05) is 0 Å². The number of halogens is 2. The maximum atomic E-state index is 14.1. The van der Waals surface area contributed by atoms with E-state index in [1.165, 1.54) is 62.1 Å². The third-order valence-electron chi connectivity index (χ3n) is 7.61. The minimum absolute atomic E-state index is 0.166. The second-order valence-corrected chi connectivity index (χ2v) is 10.6. The van der Waals surface area contributed by atoms with E-state index in [9.17, 15) is 4.39 Å². The molecule has 2 aliphatic carbocycles. The van der Waals surface area contributed by atoms with Gasteiger partial charge in [0.15, 0.2) is 0 Å². The lowest BCUT2D eigenvalue weighted by molar-refractivity contribution is 0.246. The van der Waals surface area contributed by atoms with Crippen molar-refractivity contribution in [2.24, 2.45) is 11.8 Å². The van der Waals surface area contributed by atoms with Crippen LogP contribution in [0.2, 0.25) is 0 Å². The first-order chi connectivity index (χ1) is 15.5. The fourth-order valence-electron chi connectivity index (χ4n) is 5.30. The number of alkyl halides is 1. The van der Waals surface area contributed by atoms with Crippen LogP contribution in [0, 0.1) is 17.7 Å². The molecule has 1 atom stereocenters. The van der Waals surface area contributed by atoms with Gasteiger partial charge in [0.2, 0.25) is 0 Å². The Balaban J connectivity index is 1.19. The van der Waals surface area contributed by atoms with Gasteiger partial charge in [-0.15, -0.1) is 11.6 Å². The Bertz CT molecular complexity index is 934. The van der Waals surface area contributed by atoms with Crippen LogP contribution in [0.3, 0.4) is 0 Å². The summed E-state index contributed by atoms with van der Waals surface area (Å²) in [5.41, 5.74) is 4.53. The van der Waals surface area contributed by atoms with Crippen LogP contribution < -0.4 is 0 Å². The lowest BCUT2D eigenvalue weighted by Gasteiger charge is -2.32. The van der Waals surface area contributed by atoms with Gasteiger partial charge >= 0.3 is 0 Å². The molecule has 2 heteroatoms. The van der Waals surface area contributed by atoms with Gasteiger partial charge in [-0.05, 0) is 73.1 Å². The minimum atomic E-state index is -0.309. The zero-order chi connectivity index (χ0) is 22.4. The predicted octanol–water partition coefficient (Wildman–Crippen LogP) is 8.93. The second-order valence-electron chi connectivity index (χ2n) is 9.85. The van der Waals surface area contributed by atoms with E-state index in [-0.39, 0.29) is 10.7 Å². The standard InChI is InChI=1S/C30H36ClF/c1-2-23-7-9-24(10-8-23)11-12-25-13-15-26(16-14-25)17-20-30(31)21-18-27(19-22-30)28-5-3-4-6-29(28)32/h3-10,18-19,21,25-26H,2,11-17,20,22H2,1H3. The molecular formula is C30H36ClF. The first-order valence-electron chi connectivity index (χ1n) is 12.5. The van der Waals surface area contributed by atoms with E-state index < -0.39 is 0 Å². The van der Waals surface area contributed by atoms with E-state index in [0.29, 0.717) is 5.56 Å². The van der Waals surface area contributed by atoms with Gasteiger partial charge in [0, 0.05) is 5.56 Å². The highest BCUT2D eigenvalue weighted by atomic mass is 35.5. The number of rotatable bonds is 8. The molecule has 0 saturated heterocycles. The highest BCUT2D eigenvalue weighted by molar-refractivity contribution is 6.25. The van der Waals surface area contributed by atoms with Crippen molar-refractivity contribution in [3.8, 4) is 0 Å². The molecule has 170 valence electrons. The average Bonchev–Trinajstić information content (AvgIpc) is 2.83. The third kappa shape index (κ3) is 6.13. The fourth-order valence-corrected chi connectivity index (χ4v) is 5.55. The topological polar surface area (TPSA) is 0 Å². The summed E-state index contributed by atoms with van der Waals surface area (Å²) < 4.78 is 14.1. The molecule has 0 heterocycles. The van der Waals surface area contributed by atoms with Gasteiger partial charge in [-0.3, -0.25) is 0 Å². The second kappa shape index (κ2) is 10.8. The van der Waals surface area contributed by atoms with E-state index in [1.54, 1.807) is 6.07 Å². The quantitative estimate of drug-likeness (QED) is 0.352. The Hall–Kier alpha value is -1.86. The van der Waals surface area contributed by atoms with Gasteiger partial charge in [-0.25, -0.2) is 4.39 Å². The molecule has 1 unspecified atom stereocenters. The van der Waals surface area contributed by atoms with Crippen LogP contribution in [0.25, 0.3) is 5.57 Å². The van der Waals surface area contributed by atoms with Gasteiger partial charge in [-0.1, -0.05) is 93.3 Å². The number of hydrogen-bond acceptors (Lipinski definition) is 0. The molecule has 2 aliphatic rings. The van der Waals surface area contributed by atoms with Crippen LogP contribution in [0.4, 0.5) is 4.39 Å². The van der Waals surface area contributed by atoms with E-state index in [4.69, 9.17) is 11.6 Å². The van der Waals surface area contributed by atoms with Crippen molar-refractivity contribution < 1.29 is 4.39 Å². The normalized spacial score (nSPS) is 25.5. The SMILES string of the molecule is CCc1ccc(CCC2CCC(CCC3(Cl)C=CC(c4ccccc4F)=CC3)CC2)cc1. The van der Waals surface area contributed by atoms with Crippen LogP contribution in [-0.4, -0.2) is 4.87 Å². The Morgan fingerprint density at radius 3 is 2.19 bits per heavy atom. The Morgan fingerprint density at radius 1 is 0.906 bits per heavy atom. The van der Waals surface area contributed by atoms with Gasteiger partial charge in [0.05, 0.1) is 4.87 Å². The van der Waals surface area contributed by atoms with Crippen molar-refractivity contribution in [1.82, 2.24) is 0 Å². The first-order valence-corrected chi connectivity index (χ1v) is 12.8. The lowest BCUT2D eigenvalue weighted by Crippen LogP contribution is -2.23. The lowest BCUT2D eigenvalue weighted by atomic mass is 9.76. The van der Waals surface area contributed by atoms with Crippen LogP contribution in [0.1, 0.15) is 75.0 Å². The first kappa shape index (κ1) is 23.3. The Kier molecular flexibility index (Phi) is 7.89. The Morgan fingerprint density at radius 2 is 1.56 bits per heavy atom. The summed E-state index contributed by atoms with van der Waals surface area (Å²) in [6.45, 7) is 2.21. The van der Waals surface area contributed by atoms with Crippen molar-refractivity contribution in [3.63, 3.8) is 0 Å². The molecule has 1 fully saturated rings. The number of allylic oxidation sites excluding steroid dienone is 4. The molecule has 0 spiro atoms. The summed E-state index contributed by atoms with van der Waals surface area (Å²) in [4.78, 5) is -0.309. The zero-order valence-corrected chi connectivity index (χ0v) is 20.1. The molecule has 2 aromatic carbocycles. The summed E-state index contributed by atoms with van der Waals surface area (Å²) >= 11 is 6.93. The van der Waals surface area contributed by atoms with Crippen LogP contribution in [0.15, 0.2) is 66.8 Å². The van der Waals surface area contributed by atoms with Crippen molar-refractivity contribution in [2.45, 2.75) is 76.0 Å². The van der Waals surface area contributed by atoms with Crippen LogP contribution in [0.5, 0.6) is 0 Å². The summed E-state index contributed by atoms with van der Waals surface area (Å²) in [6, 6.07) is 16.2. The summed E-state index contributed by atoms with van der Waals surface area (Å²) in [7, 11) is 0. The highest BCUT2D eigenvalue weighted by Crippen LogP contribution is 2.40. The Labute approximate surface area is 198 Å². The minimum Gasteiger partial charge on any atom is -0.206 e. The van der Waals surface area contributed by atoms with Crippen LogP contribution >= 0.6 is 11.6 Å². The van der Waals surface area contributed by atoms with Gasteiger partial charge in [-0.2, -0.15) is 0 Å². The van der Waals surface area contributed by atoms with Gasteiger partial charge in [0.1, 0.15) is 5.82 Å². The highest BCUT2D eigenvalue weighted by Gasteiger charge is 2.29. The summed E-state index contributed by atoms with van der Waals surface area (Å²) in [5.74, 6) is 1.51. The summed E-state index contributed by atoms with van der Waals surface area (Å²) in [6.07, 6.45) is 18.3. The molecule has 2 aromatic rings. The number of benzene rings is 2. The van der Waals surface area contributed by atoms with Gasteiger partial charge < -0.3 is 0 Å². The smallest absolute Gasteiger partial charge is 0.131 e. The van der Waals surface area contributed by atoms with E-state index in [0.717, 1.165) is 36.7 Å². The molecule has 0 radical (unpaired) electrons. The number of hydrogen-bond donors (Lipinski definition) is 0. The maximum absolute atomic E-state index is 14.1. The third-order valence-corrected chi connectivity index (χ3v) is 8.08. The molecule has 1 saturated carbocycles. The fraction of sp³-hybridized carbons (Fsp3) is 0.467. The van der Waals surface area contributed by atoms with E-state index in [1.807, 2.05) is 18.2 Å². The van der Waals surface area contributed by atoms with Crippen LogP contribution in [-0.2, 0) is 12.8 Å². The van der Waals surface area contributed by atoms with Gasteiger partial charge in [0.25, 0.3) is 0 Å². The largest absolute Gasteiger partial charge is 0.206 e. The molecule has 0 bridgehead atoms. The van der Waals surface area contributed by atoms with E-state index >= 15 is 0 Å². The van der Waals surface area contributed by atoms with Crippen molar-refractivity contribution in [1.29, 1.82) is 0 Å². The van der Waals surface area contributed by atoms with Crippen molar-refractivity contribution >= 4 is 17.2 Å². The predicted molar refractivity (Wildman–Crippen MR) is 136 cm³/mol. The maximum Gasteiger partial charge on any atom is 0.131 e. The molecule has 0 aliphatic heterocycles.